The molecule has 3 rings (SSSR count). The Bertz CT molecular complexity index is 504. The summed E-state index contributed by atoms with van der Waals surface area (Å²) in [6.07, 6.45) is 4.60. The highest BCUT2D eigenvalue weighted by Crippen LogP contribution is 2.30. The van der Waals surface area contributed by atoms with E-state index in [0.29, 0.717) is 28.7 Å². The molecule has 0 saturated carbocycles. The summed E-state index contributed by atoms with van der Waals surface area (Å²) in [6.45, 7) is 0. The zero-order valence-electron chi connectivity index (χ0n) is 11.4. The molecule has 0 radical (unpaired) electrons. The lowest BCUT2D eigenvalue weighted by atomic mass is 9.98. The van der Waals surface area contributed by atoms with Crippen LogP contribution in [0.5, 0.6) is 0 Å². The van der Waals surface area contributed by atoms with Crippen LogP contribution in [0.25, 0.3) is 0 Å². The van der Waals surface area contributed by atoms with Crippen LogP contribution in [0.1, 0.15) is 36.0 Å². The van der Waals surface area contributed by atoms with Gasteiger partial charge in [0.1, 0.15) is 0 Å². The average molecular weight is 358 g/mol. The number of carbonyl (C=O) groups excluding carboxylic acids is 1. The fraction of sp³-hybridized carbons (Fsp3) is 0.533. The van der Waals surface area contributed by atoms with E-state index in [1.807, 2.05) is 18.0 Å². The van der Waals surface area contributed by atoms with E-state index < -0.39 is 0 Å². The summed E-state index contributed by atoms with van der Waals surface area (Å²) in [5.74, 6) is 0.0551. The first-order valence-corrected chi connectivity index (χ1v) is 8.19. The molecule has 2 heterocycles. The first-order chi connectivity index (χ1) is 9.52. The smallest absolute Gasteiger partial charge is 0.253 e. The summed E-state index contributed by atoms with van der Waals surface area (Å²) in [5, 5.41) is 4.19. The van der Waals surface area contributed by atoms with Gasteiger partial charge in [0, 0.05) is 40.2 Å². The van der Waals surface area contributed by atoms with Crippen molar-refractivity contribution in [1.82, 2.24) is 10.2 Å². The van der Waals surface area contributed by atoms with Gasteiger partial charge in [-0.2, -0.15) is 0 Å². The monoisotopic (exact) mass is 356 g/mol. The third-order valence-corrected chi connectivity index (χ3v) is 5.10. The highest BCUT2D eigenvalue weighted by atomic mass is 79.9. The molecule has 2 aliphatic heterocycles. The predicted molar refractivity (Wildman–Crippen MR) is 84.2 cm³/mol. The van der Waals surface area contributed by atoms with Crippen molar-refractivity contribution in [2.75, 3.05) is 7.05 Å². The Kier molecular flexibility index (Phi) is 4.07. The van der Waals surface area contributed by atoms with Gasteiger partial charge in [-0.1, -0.05) is 27.5 Å². The minimum atomic E-state index is 0.0551. The van der Waals surface area contributed by atoms with E-state index in [1.165, 1.54) is 12.8 Å². The zero-order valence-corrected chi connectivity index (χ0v) is 13.7. The molecule has 2 aliphatic rings. The Labute approximate surface area is 132 Å². The summed E-state index contributed by atoms with van der Waals surface area (Å²) < 4.78 is 0.840. The predicted octanol–water partition coefficient (Wildman–Crippen LogP) is 3.46. The van der Waals surface area contributed by atoms with Gasteiger partial charge >= 0.3 is 0 Å². The molecule has 20 heavy (non-hydrogen) atoms. The number of amides is 1. The van der Waals surface area contributed by atoms with Crippen molar-refractivity contribution in [2.24, 2.45) is 0 Å². The van der Waals surface area contributed by atoms with Gasteiger partial charge in [-0.3, -0.25) is 4.79 Å². The fourth-order valence-electron chi connectivity index (χ4n) is 3.39. The van der Waals surface area contributed by atoms with Crippen molar-refractivity contribution < 1.29 is 4.79 Å². The SMILES string of the molecule is CN(C(=O)c1cc(Cl)cc(Br)c1)C1CC2CCC(C1)N2. The molecule has 108 valence electrons. The Morgan fingerprint density at radius 3 is 2.55 bits per heavy atom. The lowest BCUT2D eigenvalue weighted by Gasteiger charge is -2.35. The van der Waals surface area contributed by atoms with Gasteiger partial charge in [-0.05, 0) is 43.9 Å². The van der Waals surface area contributed by atoms with Gasteiger partial charge < -0.3 is 10.2 Å². The van der Waals surface area contributed by atoms with Crippen LogP contribution >= 0.6 is 27.5 Å². The molecular weight excluding hydrogens is 340 g/mol. The number of hydrogen-bond donors (Lipinski definition) is 1. The number of rotatable bonds is 2. The normalized spacial score (nSPS) is 28.4. The maximum absolute atomic E-state index is 12.6. The van der Waals surface area contributed by atoms with Crippen LogP contribution < -0.4 is 5.32 Å². The van der Waals surface area contributed by atoms with E-state index in [-0.39, 0.29) is 5.91 Å². The fourth-order valence-corrected chi connectivity index (χ4v) is 4.25. The lowest BCUT2D eigenvalue weighted by Crippen LogP contribution is -2.48. The quantitative estimate of drug-likeness (QED) is 0.879. The van der Waals surface area contributed by atoms with Gasteiger partial charge in [-0.25, -0.2) is 0 Å². The van der Waals surface area contributed by atoms with E-state index in [2.05, 4.69) is 21.2 Å². The number of halogens is 2. The number of carbonyl (C=O) groups is 1. The van der Waals surface area contributed by atoms with Crippen molar-refractivity contribution in [3.8, 4) is 0 Å². The van der Waals surface area contributed by atoms with Gasteiger partial charge in [0.25, 0.3) is 5.91 Å². The van der Waals surface area contributed by atoms with Crippen LogP contribution in [-0.4, -0.2) is 36.0 Å². The van der Waals surface area contributed by atoms with E-state index in [0.717, 1.165) is 17.3 Å². The summed E-state index contributed by atoms with van der Waals surface area (Å²) in [7, 11) is 1.91. The molecule has 1 aromatic carbocycles. The molecule has 2 unspecified atom stereocenters. The first kappa shape index (κ1) is 14.4. The Hall–Kier alpha value is -0.580. The Morgan fingerprint density at radius 2 is 1.95 bits per heavy atom. The van der Waals surface area contributed by atoms with Crippen molar-refractivity contribution in [2.45, 2.75) is 43.8 Å². The summed E-state index contributed by atoms with van der Waals surface area (Å²) in [4.78, 5) is 14.5. The summed E-state index contributed by atoms with van der Waals surface area (Å²) in [6, 6.07) is 6.86. The van der Waals surface area contributed by atoms with Crippen molar-refractivity contribution in [3.05, 3.63) is 33.3 Å². The van der Waals surface area contributed by atoms with Gasteiger partial charge in [0.15, 0.2) is 0 Å². The number of piperidine rings is 1. The van der Waals surface area contributed by atoms with Crippen molar-refractivity contribution in [3.63, 3.8) is 0 Å². The van der Waals surface area contributed by atoms with E-state index in [9.17, 15) is 4.79 Å². The van der Waals surface area contributed by atoms with Crippen LogP contribution in [0.15, 0.2) is 22.7 Å². The van der Waals surface area contributed by atoms with Gasteiger partial charge in [-0.15, -0.1) is 0 Å². The molecule has 3 nitrogen and oxygen atoms in total. The van der Waals surface area contributed by atoms with Crippen LogP contribution in [0, 0.1) is 0 Å². The molecular formula is C15H18BrClN2O. The highest BCUT2D eigenvalue weighted by Gasteiger charge is 2.36. The van der Waals surface area contributed by atoms with Crippen molar-refractivity contribution in [1.29, 1.82) is 0 Å². The Balaban J connectivity index is 1.76. The van der Waals surface area contributed by atoms with Crippen LogP contribution in [0.4, 0.5) is 0 Å². The molecule has 2 fully saturated rings. The highest BCUT2D eigenvalue weighted by molar-refractivity contribution is 9.10. The molecule has 1 aromatic rings. The molecule has 2 bridgehead atoms. The maximum atomic E-state index is 12.6. The molecule has 2 saturated heterocycles. The molecule has 0 aromatic heterocycles. The third kappa shape index (κ3) is 2.87. The number of nitrogens with one attached hydrogen (secondary N) is 1. The first-order valence-electron chi connectivity index (χ1n) is 7.02. The number of fused-ring (bicyclic) bond motifs is 2. The molecule has 0 spiro atoms. The molecule has 5 heteroatoms. The molecule has 1 N–H and O–H groups in total. The number of hydrogen-bond acceptors (Lipinski definition) is 2. The largest absolute Gasteiger partial charge is 0.339 e. The minimum absolute atomic E-state index is 0.0551. The summed E-state index contributed by atoms with van der Waals surface area (Å²) >= 11 is 9.42. The third-order valence-electron chi connectivity index (χ3n) is 4.43. The lowest BCUT2D eigenvalue weighted by molar-refractivity contribution is 0.0681. The van der Waals surface area contributed by atoms with Crippen LogP contribution in [0.2, 0.25) is 5.02 Å². The topological polar surface area (TPSA) is 32.3 Å². The zero-order chi connectivity index (χ0) is 14.3. The van der Waals surface area contributed by atoms with Gasteiger partial charge in [0.2, 0.25) is 0 Å². The molecule has 2 atom stereocenters. The van der Waals surface area contributed by atoms with E-state index in [4.69, 9.17) is 11.6 Å². The Morgan fingerprint density at radius 1 is 1.30 bits per heavy atom. The molecule has 0 aliphatic carbocycles. The van der Waals surface area contributed by atoms with Crippen LogP contribution in [0.3, 0.4) is 0 Å². The average Bonchev–Trinajstić information content (AvgIpc) is 2.74. The second-order valence-corrected chi connectivity index (χ2v) is 7.19. The second-order valence-electron chi connectivity index (χ2n) is 5.84. The minimum Gasteiger partial charge on any atom is -0.339 e. The van der Waals surface area contributed by atoms with Crippen LogP contribution in [-0.2, 0) is 0 Å². The number of nitrogens with zero attached hydrogens (tertiary/aromatic N) is 1. The second kappa shape index (κ2) is 5.66. The maximum Gasteiger partial charge on any atom is 0.253 e. The standard InChI is InChI=1S/C15H18BrClN2O/c1-19(14-7-12-2-3-13(8-14)18-12)15(20)9-4-10(16)6-11(17)5-9/h4-6,12-14,18H,2-3,7-8H2,1H3. The van der Waals surface area contributed by atoms with E-state index >= 15 is 0 Å². The number of benzene rings is 1. The molecule has 1 amide bonds. The van der Waals surface area contributed by atoms with E-state index in [1.54, 1.807) is 12.1 Å². The summed E-state index contributed by atoms with van der Waals surface area (Å²) in [5.41, 5.74) is 0.651. The van der Waals surface area contributed by atoms with Gasteiger partial charge in [0.05, 0.1) is 0 Å². The van der Waals surface area contributed by atoms with Crippen molar-refractivity contribution >= 4 is 33.4 Å².